The Bertz CT molecular complexity index is 901. The number of carbonyl (C=O) groups excluding carboxylic acids is 2. The van der Waals surface area contributed by atoms with Gasteiger partial charge in [-0.25, -0.2) is 0 Å². The van der Waals surface area contributed by atoms with Crippen LogP contribution >= 0.6 is 11.8 Å². The lowest BCUT2D eigenvalue weighted by Gasteiger charge is -2.17. The van der Waals surface area contributed by atoms with Crippen molar-refractivity contribution in [1.29, 1.82) is 0 Å². The van der Waals surface area contributed by atoms with Crippen LogP contribution < -0.4 is 4.74 Å². The Labute approximate surface area is 176 Å². The number of nitrogens with zero attached hydrogens (tertiary/aromatic N) is 1. The lowest BCUT2D eigenvalue weighted by atomic mass is 10.1. The van der Waals surface area contributed by atoms with Crippen molar-refractivity contribution in [2.75, 3.05) is 13.2 Å². The third kappa shape index (κ3) is 5.10. The summed E-state index contributed by atoms with van der Waals surface area (Å²) in [5, 5.41) is 0. The maximum Gasteiger partial charge on any atom is 0.268 e. The van der Waals surface area contributed by atoms with Crippen LogP contribution in [0.3, 0.4) is 0 Å². The molecule has 0 aliphatic carbocycles. The molecular formula is C24H27NO3S. The highest BCUT2D eigenvalue weighted by atomic mass is 32.2. The minimum absolute atomic E-state index is 0.206. The first kappa shape index (κ1) is 21.2. The monoisotopic (exact) mass is 409 g/mol. The van der Waals surface area contributed by atoms with Crippen LogP contribution in [0, 0.1) is 11.8 Å². The van der Waals surface area contributed by atoms with Crippen LogP contribution in [0.25, 0.3) is 5.57 Å². The molecule has 0 N–H and O–H groups in total. The van der Waals surface area contributed by atoms with E-state index >= 15 is 0 Å². The molecule has 2 aromatic rings. The molecule has 4 nitrogen and oxygen atoms in total. The molecule has 1 heterocycles. The molecule has 3 rings (SSSR count). The lowest BCUT2D eigenvalue weighted by molar-refractivity contribution is -0.137. The summed E-state index contributed by atoms with van der Waals surface area (Å²) in [6.45, 7) is 9.25. The highest BCUT2D eigenvalue weighted by Gasteiger charge is 2.39. The van der Waals surface area contributed by atoms with E-state index in [0.717, 1.165) is 16.2 Å². The van der Waals surface area contributed by atoms with Gasteiger partial charge in [-0.2, -0.15) is 0 Å². The number of ether oxygens (including phenoxy) is 1. The van der Waals surface area contributed by atoms with E-state index in [1.54, 1.807) is 0 Å². The predicted octanol–water partition coefficient (Wildman–Crippen LogP) is 5.25. The molecule has 0 radical (unpaired) electrons. The molecule has 1 aliphatic heterocycles. The number of thioether (sulfide) groups is 1. The second-order valence-electron chi connectivity index (χ2n) is 7.96. The van der Waals surface area contributed by atoms with E-state index in [-0.39, 0.29) is 17.7 Å². The molecule has 1 aliphatic rings. The SMILES string of the molecule is CC(C)COc1ccc(C2=C(Sc3ccccc3)C(=O)N(CC(C)C)C2=O)cc1. The molecule has 152 valence electrons. The molecule has 29 heavy (non-hydrogen) atoms. The van der Waals surface area contributed by atoms with Gasteiger partial charge in [0, 0.05) is 11.4 Å². The molecule has 0 spiro atoms. The first-order valence-electron chi connectivity index (χ1n) is 9.93. The maximum absolute atomic E-state index is 13.2. The average Bonchev–Trinajstić information content (AvgIpc) is 2.91. The molecular weight excluding hydrogens is 382 g/mol. The van der Waals surface area contributed by atoms with Gasteiger partial charge in [-0.05, 0) is 41.7 Å². The van der Waals surface area contributed by atoms with Crippen molar-refractivity contribution in [2.24, 2.45) is 11.8 Å². The zero-order valence-electron chi connectivity index (χ0n) is 17.3. The molecule has 0 aromatic heterocycles. The minimum atomic E-state index is -0.224. The fraction of sp³-hybridized carbons (Fsp3) is 0.333. The standard InChI is InChI=1S/C24H27NO3S/c1-16(2)14-25-23(26)21(18-10-12-19(13-11-18)28-15-17(3)4)22(24(25)27)29-20-8-6-5-7-9-20/h5-13,16-17H,14-15H2,1-4H3. The van der Waals surface area contributed by atoms with Crippen molar-refractivity contribution in [3.63, 3.8) is 0 Å². The molecule has 2 aromatic carbocycles. The Kier molecular flexibility index (Phi) is 6.80. The molecule has 0 atom stereocenters. The normalized spacial score (nSPS) is 14.5. The summed E-state index contributed by atoms with van der Waals surface area (Å²) >= 11 is 1.35. The van der Waals surface area contributed by atoms with E-state index in [2.05, 4.69) is 13.8 Å². The number of amides is 2. The molecule has 0 saturated carbocycles. The first-order valence-corrected chi connectivity index (χ1v) is 10.7. The zero-order chi connectivity index (χ0) is 21.0. The molecule has 0 bridgehead atoms. The summed E-state index contributed by atoms with van der Waals surface area (Å²) in [6, 6.07) is 17.1. The second-order valence-corrected chi connectivity index (χ2v) is 9.05. The van der Waals surface area contributed by atoms with Crippen LogP contribution in [0.1, 0.15) is 33.3 Å². The number of carbonyl (C=O) groups is 2. The van der Waals surface area contributed by atoms with E-state index in [1.807, 2.05) is 68.4 Å². The quantitative estimate of drug-likeness (QED) is 0.559. The Morgan fingerprint density at radius 1 is 0.862 bits per heavy atom. The molecule has 0 saturated heterocycles. The Balaban J connectivity index is 1.95. The number of imide groups is 1. The molecule has 2 amide bonds. The highest BCUT2D eigenvalue weighted by molar-refractivity contribution is 8.04. The number of benzene rings is 2. The maximum atomic E-state index is 13.2. The van der Waals surface area contributed by atoms with E-state index in [9.17, 15) is 9.59 Å². The zero-order valence-corrected chi connectivity index (χ0v) is 18.2. The van der Waals surface area contributed by atoms with Crippen LogP contribution in [0.5, 0.6) is 5.75 Å². The fourth-order valence-electron chi connectivity index (χ4n) is 3.02. The predicted molar refractivity (Wildman–Crippen MR) is 118 cm³/mol. The van der Waals surface area contributed by atoms with Gasteiger partial charge >= 0.3 is 0 Å². The first-order chi connectivity index (χ1) is 13.9. The molecule has 5 heteroatoms. The van der Waals surface area contributed by atoms with Gasteiger partial charge < -0.3 is 4.74 Å². The van der Waals surface area contributed by atoms with Crippen LogP contribution in [0.4, 0.5) is 0 Å². The summed E-state index contributed by atoms with van der Waals surface area (Å²) < 4.78 is 5.75. The molecule has 0 unspecified atom stereocenters. The minimum Gasteiger partial charge on any atom is -0.493 e. The average molecular weight is 410 g/mol. The molecule has 0 fully saturated rings. The smallest absolute Gasteiger partial charge is 0.268 e. The van der Waals surface area contributed by atoms with Crippen LogP contribution in [0.2, 0.25) is 0 Å². The van der Waals surface area contributed by atoms with Crippen molar-refractivity contribution < 1.29 is 14.3 Å². The van der Waals surface area contributed by atoms with Crippen molar-refractivity contribution in [3.8, 4) is 5.75 Å². The number of rotatable bonds is 8. The van der Waals surface area contributed by atoms with Gasteiger partial charge in [-0.15, -0.1) is 0 Å². The van der Waals surface area contributed by atoms with Gasteiger partial charge in [-0.3, -0.25) is 14.5 Å². The van der Waals surface area contributed by atoms with E-state index in [1.165, 1.54) is 16.7 Å². The summed E-state index contributed by atoms with van der Waals surface area (Å²) in [5.41, 5.74) is 1.21. The lowest BCUT2D eigenvalue weighted by Crippen LogP contribution is -2.34. The van der Waals surface area contributed by atoms with E-state index < -0.39 is 0 Å². The van der Waals surface area contributed by atoms with Crippen LogP contribution in [-0.4, -0.2) is 29.9 Å². The Morgan fingerprint density at radius 3 is 2.10 bits per heavy atom. The van der Waals surface area contributed by atoms with Crippen molar-refractivity contribution in [2.45, 2.75) is 32.6 Å². The summed E-state index contributed by atoms with van der Waals surface area (Å²) in [4.78, 5) is 29.0. The van der Waals surface area contributed by atoms with Crippen LogP contribution in [-0.2, 0) is 9.59 Å². The van der Waals surface area contributed by atoms with Gasteiger partial charge in [0.05, 0.1) is 17.1 Å². The van der Waals surface area contributed by atoms with Crippen molar-refractivity contribution >= 4 is 29.1 Å². The summed E-state index contributed by atoms with van der Waals surface area (Å²) in [6.07, 6.45) is 0. The van der Waals surface area contributed by atoms with E-state index in [0.29, 0.717) is 29.5 Å². The van der Waals surface area contributed by atoms with Gasteiger partial charge in [-0.1, -0.05) is 69.8 Å². The second kappa shape index (κ2) is 9.31. The van der Waals surface area contributed by atoms with Gasteiger partial charge in [0.1, 0.15) is 5.75 Å². The third-order valence-corrected chi connectivity index (χ3v) is 5.45. The largest absolute Gasteiger partial charge is 0.493 e. The number of hydrogen-bond acceptors (Lipinski definition) is 4. The van der Waals surface area contributed by atoms with Crippen molar-refractivity contribution in [1.82, 2.24) is 4.90 Å². The Morgan fingerprint density at radius 2 is 1.52 bits per heavy atom. The van der Waals surface area contributed by atoms with Gasteiger partial charge in [0.25, 0.3) is 11.8 Å². The van der Waals surface area contributed by atoms with E-state index in [4.69, 9.17) is 4.74 Å². The number of hydrogen-bond donors (Lipinski definition) is 0. The topological polar surface area (TPSA) is 46.6 Å². The fourth-order valence-corrected chi connectivity index (χ4v) is 4.05. The highest BCUT2D eigenvalue weighted by Crippen LogP contribution is 2.40. The Hall–Kier alpha value is -2.53. The summed E-state index contributed by atoms with van der Waals surface area (Å²) in [7, 11) is 0. The summed E-state index contributed by atoms with van der Waals surface area (Å²) in [5.74, 6) is 0.962. The van der Waals surface area contributed by atoms with Crippen molar-refractivity contribution in [3.05, 3.63) is 65.1 Å². The third-order valence-electron chi connectivity index (χ3n) is 4.36. The van der Waals surface area contributed by atoms with Gasteiger partial charge in [0.15, 0.2) is 0 Å². The van der Waals surface area contributed by atoms with Crippen LogP contribution in [0.15, 0.2) is 64.4 Å². The van der Waals surface area contributed by atoms with Gasteiger partial charge in [0.2, 0.25) is 0 Å².